The lowest BCUT2D eigenvalue weighted by Crippen LogP contribution is -2.33. The molecule has 0 saturated carbocycles. The Morgan fingerprint density at radius 2 is 1.77 bits per heavy atom. The van der Waals surface area contributed by atoms with E-state index in [0.29, 0.717) is 33.4 Å². The molecule has 9 heteroatoms. The number of hydroxylamine groups is 1. The summed E-state index contributed by atoms with van der Waals surface area (Å²) in [5, 5.41) is 0.541. The largest absolute Gasteiger partial charge is 0.494 e. The quantitative estimate of drug-likeness (QED) is 0.334. The number of hydrogen-bond acceptors (Lipinski definition) is 7. The maximum absolute atomic E-state index is 13.4. The van der Waals surface area contributed by atoms with E-state index < -0.39 is 12.2 Å². The second kappa shape index (κ2) is 10.5. The highest BCUT2D eigenvalue weighted by molar-refractivity contribution is 9.10. The maximum atomic E-state index is 13.4. The molecule has 4 heterocycles. The second-order valence-electron chi connectivity index (χ2n) is 8.04. The fourth-order valence-electron chi connectivity index (χ4n) is 4.09. The molecule has 35 heavy (non-hydrogen) atoms. The zero-order valence-electron chi connectivity index (χ0n) is 19.0. The Bertz CT molecular complexity index is 1340. The number of carbonyl (C=O) groups excluding carboxylic acids is 1. The highest BCUT2D eigenvalue weighted by atomic mass is 79.9. The molecule has 1 amide bonds. The molecule has 1 aromatic carbocycles. The van der Waals surface area contributed by atoms with Crippen molar-refractivity contribution in [2.24, 2.45) is 0 Å². The van der Waals surface area contributed by atoms with E-state index in [9.17, 15) is 4.79 Å². The predicted molar refractivity (Wildman–Crippen MR) is 135 cm³/mol. The van der Waals surface area contributed by atoms with Crippen molar-refractivity contribution in [3.63, 3.8) is 0 Å². The summed E-state index contributed by atoms with van der Waals surface area (Å²) < 4.78 is 12.0. The lowest BCUT2D eigenvalue weighted by Gasteiger charge is -2.23. The van der Waals surface area contributed by atoms with Crippen molar-refractivity contribution in [1.29, 1.82) is 0 Å². The molecule has 0 aliphatic carbocycles. The molecule has 1 N–H and O–H groups in total. The molecule has 178 valence electrons. The summed E-state index contributed by atoms with van der Waals surface area (Å²) in [5.41, 5.74) is 6.86. The van der Waals surface area contributed by atoms with Crippen LogP contribution in [0.25, 0.3) is 33.3 Å². The molecule has 1 saturated heterocycles. The number of nitrogens with zero attached hydrogens (tertiary/aromatic N) is 3. The number of nitrogens with one attached hydrogen (secondary N) is 1. The highest BCUT2D eigenvalue weighted by Gasteiger charge is 2.25. The van der Waals surface area contributed by atoms with Gasteiger partial charge in [-0.2, -0.15) is 0 Å². The van der Waals surface area contributed by atoms with Crippen LogP contribution in [0.3, 0.4) is 0 Å². The van der Waals surface area contributed by atoms with Gasteiger partial charge in [0.1, 0.15) is 5.69 Å². The topological polar surface area (TPSA) is 95.5 Å². The van der Waals surface area contributed by atoms with Crippen LogP contribution in [0.15, 0.2) is 65.7 Å². The van der Waals surface area contributed by atoms with Crippen molar-refractivity contribution in [3.05, 3.63) is 71.2 Å². The maximum Gasteiger partial charge on any atom is 0.279 e. The summed E-state index contributed by atoms with van der Waals surface area (Å²) in [6.07, 6.45) is 8.97. The molecule has 0 radical (unpaired) electrons. The molecule has 5 rings (SSSR count). The molecular weight excluding hydrogens is 512 g/mol. The van der Waals surface area contributed by atoms with Gasteiger partial charge in [0.25, 0.3) is 5.91 Å². The van der Waals surface area contributed by atoms with E-state index >= 15 is 0 Å². The van der Waals surface area contributed by atoms with Crippen LogP contribution in [-0.2, 0) is 9.57 Å². The number of aromatic nitrogens is 3. The summed E-state index contributed by atoms with van der Waals surface area (Å²) in [6.45, 7) is 0.610. The molecule has 0 bridgehead atoms. The zero-order chi connectivity index (χ0) is 24.2. The Kier molecular flexibility index (Phi) is 6.98. The fraction of sp³-hybridized carbons (Fsp3) is 0.231. The summed E-state index contributed by atoms with van der Waals surface area (Å²) in [5.74, 6) is -0.127. The molecule has 1 fully saturated rings. The van der Waals surface area contributed by atoms with Crippen LogP contribution in [0.4, 0.5) is 0 Å². The van der Waals surface area contributed by atoms with Gasteiger partial charge in [0.05, 0.1) is 22.7 Å². The minimum atomic E-state index is -0.475. The zero-order valence-corrected chi connectivity index (χ0v) is 20.6. The molecule has 3 aromatic heterocycles. The average Bonchev–Trinajstić information content (AvgIpc) is 2.92. The number of benzene rings is 1. The number of amides is 1. The molecule has 1 atom stereocenters. The first-order chi connectivity index (χ1) is 17.2. The van der Waals surface area contributed by atoms with Gasteiger partial charge in [-0.1, -0.05) is 24.3 Å². The van der Waals surface area contributed by atoms with E-state index in [4.69, 9.17) is 19.3 Å². The van der Waals surface area contributed by atoms with Gasteiger partial charge in [-0.3, -0.25) is 14.8 Å². The number of ether oxygens (including phenoxy) is 2. The minimum Gasteiger partial charge on any atom is -0.494 e. The van der Waals surface area contributed by atoms with Crippen LogP contribution < -0.4 is 10.2 Å². The molecule has 4 aromatic rings. The average molecular weight is 535 g/mol. The lowest BCUT2D eigenvalue weighted by atomic mass is 10.0. The summed E-state index contributed by atoms with van der Waals surface area (Å²) in [6, 6.07) is 11.8. The van der Waals surface area contributed by atoms with Gasteiger partial charge < -0.3 is 9.47 Å². The van der Waals surface area contributed by atoms with Crippen LogP contribution in [-0.4, -0.2) is 40.9 Å². The van der Waals surface area contributed by atoms with E-state index in [1.807, 2.05) is 36.4 Å². The van der Waals surface area contributed by atoms with E-state index in [0.717, 1.165) is 36.0 Å². The standard InChI is InChI=1S/C26H23BrN4O4/c1-33-25-22(26(32)31-35-21-4-2-3-13-34-21)19-14-29-15-20(27)24(19)30-23(25)18-7-5-16(6-8-18)17-9-11-28-12-10-17/h5-12,14-15,21H,2-4,13H2,1H3,(H,31,32). The number of hydrogen-bond donors (Lipinski definition) is 1. The number of fused-ring (bicyclic) bond motifs is 1. The van der Waals surface area contributed by atoms with Gasteiger partial charge in [0, 0.05) is 48.8 Å². The Balaban J connectivity index is 1.56. The number of halogens is 1. The van der Waals surface area contributed by atoms with Crippen molar-refractivity contribution in [3.8, 4) is 28.1 Å². The predicted octanol–water partition coefficient (Wildman–Crippen LogP) is 5.32. The number of methoxy groups -OCH3 is 1. The molecule has 1 aliphatic heterocycles. The Morgan fingerprint density at radius 1 is 1.03 bits per heavy atom. The van der Waals surface area contributed by atoms with Crippen LogP contribution in [0, 0.1) is 0 Å². The van der Waals surface area contributed by atoms with Gasteiger partial charge in [-0.25, -0.2) is 15.3 Å². The van der Waals surface area contributed by atoms with E-state index in [-0.39, 0.29) is 5.56 Å². The van der Waals surface area contributed by atoms with Gasteiger partial charge >= 0.3 is 0 Å². The van der Waals surface area contributed by atoms with E-state index in [1.165, 1.54) is 7.11 Å². The van der Waals surface area contributed by atoms with Crippen molar-refractivity contribution in [1.82, 2.24) is 20.4 Å². The SMILES string of the molecule is COc1c(-c2ccc(-c3ccncc3)cc2)nc2c(Br)cncc2c1C(=O)NOC1CCCCO1. The van der Waals surface area contributed by atoms with Gasteiger partial charge in [-0.15, -0.1) is 0 Å². The molecule has 1 unspecified atom stereocenters. The van der Waals surface area contributed by atoms with Crippen molar-refractivity contribution in [2.45, 2.75) is 25.6 Å². The van der Waals surface area contributed by atoms with Crippen LogP contribution in [0.1, 0.15) is 29.6 Å². The first kappa shape index (κ1) is 23.3. The van der Waals surface area contributed by atoms with Crippen LogP contribution in [0.2, 0.25) is 0 Å². The normalized spacial score (nSPS) is 15.7. The molecular formula is C26H23BrN4O4. The summed E-state index contributed by atoms with van der Waals surface area (Å²) >= 11 is 3.52. The highest BCUT2D eigenvalue weighted by Crippen LogP contribution is 2.38. The molecule has 0 spiro atoms. The van der Waals surface area contributed by atoms with Crippen LogP contribution in [0.5, 0.6) is 5.75 Å². The van der Waals surface area contributed by atoms with Crippen LogP contribution >= 0.6 is 15.9 Å². The fourth-order valence-corrected chi connectivity index (χ4v) is 4.51. The third kappa shape index (κ3) is 4.88. The third-order valence-electron chi connectivity index (χ3n) is 5.83. The molecule has 8 nitrogen and oxygen atoms in total. The monoisotopic (exact) mass is 534 g/mol. The lowest BCUT2D eigenvalue weighted by molar-refractivity contribution is -0.186. The minimum absolute atomic E-state index is 0.287. The molecule has 1 aliphatic rings. The number of pyridine rings is 3. The van der Waals surface area contributed by atoms with Crippen molar-refractivity contribution >= 4 is 32.7 Å². The Hall–Kier alpha value is -3.40. The summed E-state index contributed by atoms with van der Waals surface area (Å²) in [7, 11) is 1.52. The van der Waals surface area contributed by atoms with Gasteiger partial charge in [0.2, 0.25) is 0 Å². The second-order valence-corrected chi connectivity index (χ2v) is 8.90. The first-order valence-corrected chi connectivity index (χ1v) is 12.0. The smallest absolute Gasteiger partial charge is 0.279 e. The first-order valence-electron chi connectivity index (χ1n) is 11.3. The van der Waals surface area contributed by atoms with E-state index in [1.54, 1.807) is 24.8 Å². The van der Waals surface area contributed by atoms with Crippen molar-refractivity contribution < 1.29 is 19.1 Å². The van der Waals surface area contributed by atoms with Gasteiger partial charge in [-0.05, 0) is 52.0 Å². The number of carbonyl (C=O) groups is 1. The third-order valence-corrected chi connectivity index (χ3v) is 6.41. The van der Waals surface area contributed by atoms with Crippen molar-refractivity contribution in [2.75, 3.05) is 13.7 Å². The summed E-state index contributed by atoms with van der Waals surface area (Å²) in [4.78, 5) is 32.1. The Labute approximate surface area is 210 Å². The number of rotatable bonds is 6. The van der Waals surface area contributed by atoms with E-state index in [2.05, 4.69) is 31.4 Å². The Morgan fingerprint density at radius 3 is 2.49 bits per heavy atom. The van der Waals surface area contributed by atoms with Gasteiger partial charge in [0.15, 0.2) is 12.0 Å².